The zero-order valence-electron chi connectivity index (χ0n) is 10.3. The Labute approximate surface area is 122 Å². The van der Waals surface area contributed by atoms with E-state index in [9.17, 15) is 0 Å². The first-order valence-corrected chi connectivity index (χ1v) is 7.22. The Hall–Kier alpha value is -1.40. The van der Waals surface area contributed by atoms with E-state index in [1.807, 2.05) is 48.5 Å². The minimum absolute atomic E-state index is 0.119. The summed E-state index contributed by atoms with van der Waals surface area (Å²) in [5.41, 5.74) is 2.10. The number of aliphatic hydroxyl groups is 1. The standard InChI is InChI=1S/C16H13ClOS/c17-15-9-3-4-10-16(15)19-12-14-7-2-1-6-13(14)8-5-11-18/h1-4,6-7,9-10,18H,11-12H2. The molecule has 0 heterocycles. The van der Waals surface area contributed by atoms with E-state index in [2.05, 4.69) is 11.8 Å². The number of aliphatic hydroxyl groups excluding tert-OH is 1. The van der Waals surface area contributed by atoms with E-state index < -0.39 is 0 Å². The lowest BCUT2D eigenvalue weighted by Crippen LogP contribution is -1.88. The molecular formula is C16H13ClOS. The molecule has 0 atom stereocenters. The summed E-state index contributed by atoms with van der Waals surface area (Å²) < 4.78 is 0. The van der Waals surface area contributed by atoms with Crippen LogP contribution in [0.25, 0.3) is 0 Å². The fourth-order valence-corrected chi connectivity index (χ4v) is 2.86. The molecule has 2 aromatic rings. The fourth-order valence-electron chi connectivity index (χ4n) is 1.62. The molecule has 0 amide bonds. The maximum atomic E-state index is 8.77. The van der Waals surface area contributed by atoms with Gasteiger partial charge < -0.3 is 5.11 Å². The molecule has 96 valence electrons. The Morgan fingerprint density at radius 1 is 1.05 bits per heavy atom. The Bertz CT molecular complexity index is 613. The van der Waals surface area contributed by atoms with Gasteiger partial charge in [-0.3, -0.25) is 0 Å². The summed E-state index contributed by atoms with van der Waals surface area (Å²) in [6.45, 7) is -0.119. The molecule has 2 rings (SSSR count). The van der Waals surface area contributed by atoms with Gasteiger partial charge in [0.1, 0.15) is 6.61 Å². The van der Waals surface area contributed by atoms with E-state index >= 15 is 0 Å². The molecule has 0 fully saturated rings. The van der Waals surface area contributed by atoms with Crippen molar-refractivity contribution in [1.82, 2.24) is 0 Å². The summed E-state index contributed by atoms with van der Waals surface area (Å²) in [7, 11) is 0. The van der Waals surface area contributed by atoms with Gasteiger partial charge >= 0.3 is 0 Å². The van der Waals surface area contributed by atoms with Crippen molar-refractivity contribution in [2.24, 2.45) is 0 Å². The summed E-state index contributed by atoms with van der Waals surface area (Å²) in [5.74, 6) is 6.46. The van der Waals surface area contributed by atoms with Crippen LogP contribution >= 0.6 is 23.4 Å². The molecule has 0 aliphatic heterocycles. The second-order valence-corrected chi connectivity index (χ2v) is 5.26. The Morgan fingerprint density at radius 2 is 1.79 bits per heavy atom. The van der Waals surface area contributed by atoms with Gasteiger partial charge in [-0.2, -0.15) is 0 Å². The van der Waals surface area contributed by atoms with Crippen LogP contribution in [-0.4, -0.2) is 11.7 Å². The first kappa shape index (κ1) is 14.0. The quantitative estimate of drug-likeness (QED) is 0.681. The molecule has 1 N–H and O–H groups in total. The second kappa shape index (κ2) is 7.25. The van der Waals surface area contributed by atoms with E-state index in [4.69, 9.17) is 16.7 Å². The molecule has 0 unspecified atom stereocenters. The first-order valence-electron chi connectivity index (χ1n) is 5.86. The number of halogens is 1. The van der Waals surface area contributed by atoms with Crippen molar-refractivity contribution >= 4 is 23.4 Å². The maximum Gasteiger partial charge on any atom is 0.104 e. The van der Waals surface area contributed by atoms with E-state index in [1.54, 1.807) is 11.8 Å². The average Bonchev–Trinajstić information content (AvgIpc) is 2.45. The molecule has 0 aliphatic rings. The average molecular weight is 289 g/mol. The monoisotopic (exact) mass is 288 g/mol. The molecule has 0 radical (unpaired) electrons. The highest BCUT2D eigenvalue weighted by molar-refractivity contribution is 7.98. The van der Waals surface area contributed by atoms with Crippen molar-refractivity contribution in [3.8, 4) is 11.8 Å². The minimum atomic E-state index is -0.119. The number of rotatable bonds is 3. The minimum Gasteiger partial charge on any atom is -0.384 e. The van der Waals surface area contributed by atoms with Crippen molar-refractivity contribution in [1.29, 1.82) is 0 Å². The highest BCUT2D eigenvalue weighted by atomic mass is 35.5. The van der Waals surface area contributed by atoms with Crippen LogP contribution in [0.3, 0.4) is 0 Å². The number of hydrogen-bond donors (Lipinski definition) is 1. The lowest BCUT2D eigenvalue weighted by molar-refractivity contribution is 0.350. The molecule has 0 saturated heterocycles. The van der Waals surface area contributed by atoms with Crippen LogP contribution in [0.15, 0.2) is 53.4 Å². The smallest absolute Gasteiger partial charge is 0.104 e. The lowest BCUT2D eigenvalue weighted by Gasteiger charge is -2.06. The van der Waals surface area contributed by atoms with Gasteiger partial charge in [-0.25, -0.2) is 0 Å². The topological polar surface area (TPSA) is 20.2 Å². The van der Waals surface area contributed by atoms with Crippen molar-refractivity contribution in [3.05, 3.63) is 64.7 Å². The zero-order valence-corrected chi connectivity index (χ0v) is 11.8. The summed E-state index contributed by atoms with van der Waals surface area (Å²) >= 11 is 7.82. The van der Waals surface area contributed by atoms with Crippen molar-refractivity contribution in [3.63, 3.8) is 0 Å². The van der Waals surface area contributed by atoms with Gasteiger partial charge in [0.05, 0.1) is 5.02 Å². The molecular weight excluding hydrogens is 276 g/mol. The third-order valence-corrected chi connectivity index (χ3v) is 4.10. The molecule has 1 nitrogen and oxygen atoms in total. The Kier molecular flexibility index (Phi) is 5.35. The zero-order chi connectivity index (χ0) is 13.5. The third kappa shape index (κ3) is 4.04. The van der Waals surface area contributed by atoms with E-state index in [0.29, 0.717) is 0 Å². The van der Waals surface area contributed by atoms with Gasteiger partial charge in [0, 0.05) is 16.2 Å². The predicted octanol–water partition coefficient (Wildman–Crippen LogP) is 3.98. The fraction of sp³-hybridized carbons (Fsp3) is 0.125. The van der Waals surface area contributed by atoms with Gasteiger partial charge in [0.2, 0.25) is 0 Å². The van der Waals surface area contributed by atoms with E-state index in [-0.39, 0.29) is 6.61 Å². The van der Waals surface area contributed by atoms with Crippen LogP contribution in [0, 0.1) is 11.8 Å². The molecule has 3 heteroatoms. The summed E-state index contributed by atoms with van der Waals surface area (Å²) in [4.78, 5) is 1.06. The largest absolute Gasteiger partial charge is 0.384 e. The first-order chi connectivity index (χ1) is 9.31. The van der Waals surface area contributed by atoms with Gasteiger partial charge in [-0.1, -0.05) is 53.8 Å². The van der Waals surface area contributed by atoms with Crippen LogP contribution in [0.1, 0.15) is 11.1 Å². The normalized spacial score (nSPS) is 9.79. The molecule has 0 aliphatic carbocycles. The second-order valence-electron chi connectivity index (χ2n) is 3.84. The molecule has 0 saturated carbocycles. The molecule has 0 spiro atoms. The van der Waals surface area contributed by atoms with Crippen LogP contribution in [0.2, 0.25) is 5.02 Å². The molecule has 0 aromatic heterocycles. The van der Waals surface area contributed by atoms with E-state index in [0.717, 1.165) is 26.8 Å². The van der Waals surface area contributed by atoms with Gasteiger partial charge in [0.25, 0.3) is 0 Å². The van der Waals surface area contributed by atoms with Crippen molar-refractivity contribution < 1.29 is 5.11 Å². The highest BCUT2D eigenvalue weighted by Gasteiger charge is 2.03. The maximum absolute atomic E-state index is 8.77. The van der Waals surface area contributed by atoms with Crippen LogP contribution < -0.4 is 0 Å². The van der Waals surface area contributed by atoms with Crippen molar-refractivity contribution in [2.45, 2.75) is 10.6 Å². The Balaban J connectivity index is 2.14. The van der Waals surface area contributed by atoms with Crippen molar-refractivity contribution in [2.75, 3.05) is 6.61 Å². The van der Waals surface area contributed by atoms with Crippen LogP contribution in [-0.2, 0) is 5.75 Å². The summed E-state index contributed by atoms with van der Waals surface area (Å²) in [6.07, 6.45) is 0. The number of benzene rings is 2. The summed E-state index contributed by atoms with van der Waals surface area (Å²) in [6, 6.07) is 15.8. The van der Waals surface area contributed by atoms with Crippen LogP contribution in [0.5, 0.6) is 0 Å². The van der Waals surface area contributed by atoms with E-state index in [1.165, 1.54) is 0 Å². The molecule has 0 bridgehead atoms. The SMILES string of the molecule is OCC#Cc1ccccc1CSc1ccccc1Cl. The number of hydrogen-bond acceptors (Lipinski definition) is 2. The summed E-state index contributed by atoms with van der Waals surface area (Å²) in [5, 5.41) is 9.54. The van der Waals surface area contributed by atoms with Crippen LogP contribution in [0.4, 0.5) is 0 Å². The van der Waals surface area contributed by atoms with Gasteiger partial charge in [-0.15, -0.1) is 11.8 Å². The molecule has 19 heavy (non-hydrogen) atoms. The molecule has 2 aromatic carbocycles. The highest BCUT2D eigenvalue weighted by Crippen LogP contribution is 2.30. The lowest BCUT2D eigenvalue weighted by atomic mass is 10.1. The van der Waals surface area contributed by atoms with Gasteiger partial charge in [0.15, 0.2) is 0 Å². The number of thioether (sulfide) groups is 1. The predicted molar refractivity (Wildman–Crippen MR) is 81.4 cm³/mol. The Morgan fingerprint density at radius 3 is 2.58 bits per heavy atom. The third-order valence-electron chi connectivity index (χ3n) is 2.54. The van der Waals surface area contributed by atoms with Gasteiger partial charge in [-0.05, 0) is 23.8 Å².